The Morgan fingerprint density at radius 2 is 1.85 bits per heavy atom. The molecule has 2 aromatic carbocycles. The molecule has 2 heterocycles. The molecule has 0 N–H and O–H groups in total. The third kappa shape index (κ3) is 3.16. The van der Waals surface area contributed by atoms with E-state index in [1.54, 1.807) is 0 Å². The Morgan fingerprint density at radius 3 is 2.70 bits per heavy atom. The minimum atomic E-state index is 0.563. The van der Waals surface area contributed by atoms with Gasteiger partial charge in [-0.15, -0.1) is 0 Å². The predicted molar refractivity (Wildman–Crippen MR) is 115 cm³/mol. The van der Waals surface area contributed by atoms with E-state index in [0.29, 0.717) is 6.04 Å². The standard InChI is InChI=1S/C23H22BrN3/c24-21-9-5-4-8-20(21)17-13-22(25-14-17)16-10-11-23-18(12-16)15-26-27(23)19-6-2-1-3-7-19/h4-5,8-13,15,19H,1-3,6-7,14H2. The lowest BCUT2D eigenvalue weighted by Gasteiger charge is -2.22. The second kappa shape index (κ2) is 7.08. The Balaban J connectivity index is 1.45. The van der Waals surface area contributed by atoms with Gasteiger partial charge in [0.1, 0.15) is 0 Å². The van der Waals surface area contributed by atoms with Crippen LogP contribution in [0.25, 0.3) is 16.5 Å². The average Bonchev–Trinajstić information content (AvgIpc) is 3.36. The summed E-state index contributed by atoms with van der Waals surface area (Å²) in [5.41, 5.74) is 5.97. The molecule has 1 aliphatic heterocycles. The Labute approximate surface area is 167 Å². The van der Waals surface area contributed by atoms with Crippen LogP contribution in [0.3, 0.4) is 0 Å². The second-order valence-corrected chi connectivity index (χ2v) is 8.36. The molecule has 4 heteroatoms. The monoisotopic (exact) mass is 419 g/mol. The molecule has 0 bridgehead atoms. The molecule has 0 atom stereocenters. The summed E-state index contributed by atoms with van der Waals surface area (Å²) < 4.78 is 3.37. The zero-order valence-electron chi connectivity index (χ0n) is 15.2. The van der Waals surface area contributed by atoms with Gasteiger partial charge in [-0.05, 0) is 48.3 Å². The van der Waals surface area contributed by atoms with Gasteiger partial charge in [0.25, 0.3) is 0 Å². The van der Waals surface area contributed by atoms with Crippen molar-refractivity contribution in [2.24, 2.45) is 4.99 Å². The van der Waals surface area contributed by atoms with Crippen LogP contribution in [0, 0.1) is 0 Å². The summed E-state index contributed by atoms with van der Waals surface area (Å²) in [6.07, 6.45) is 10.7. The van der Waals surface area contributed by atoms with Gasteiger partial charge in [0.15, 0.2) is 0 Å². The van der Waals surface area contributed by atoms with Crippen LogP contribution in [0.1, 0.15) is 49.3 Å². The molecule has 0 radical (unpaired) electrons. The number of aliphatic imine (C=N–C) groups is 1. The van der Waals surface area contributed by atoms with E-state index >= 15 is 0 Å². The molecule has 1 fully saturated rings. The van der Waals surface area contributed by atoms with Gasteiger partial charge in [0.2, 0.25) is 0 Å². The summed E-state index contributed by atoms with van der Waals surface area (Å²) in [5.74, 6) is 0. The third-order valence-electron chi connectivity index (χ3n) is 5.76. The summed E-state index contributed by atoms with van der Waals surface area (Å²) in [7, 11) is 0. The van der Waals surface area contributed by atoms with Crippen LogP contribution in [-0.4, -0.2) is 22.0 Å². The first-order valence-electron chi connectivity index (χ1n) is 9.77. The average molecular weight is 420 g/mol. The quantitative estimate of drug-likeness (QED) is 0.497. The van der Waals surface area contributed by atoms with Gasteiger partial charge in [-0.2, -0.15) is 5.10 Å². The van der Waals surface area contributed by atoms with Crippen LogP contribution in [0.4, 0.5) is 0 Å². The highest BCUT2D eigenvalue weighted by Gasteiger charge is 2.19. The van der Waals surface area contributed by atoms with Gasteiger partial charge in [-0.25, -0.2) is 0 Å². The molecule has 5 rings (SSSR count). The summed E-state index contributed by atoms with van der Waals surface area (Å²) in [5, 5.41) is 5.93. The normalized spacial score (nSPS) is 18.0. The number of benzene rings is 2. The van der Waals surface area contributed by atoms with E-state index in [1.807, 2.05) is 12.3 Å². The van der Waals surface area contributed by atoms with Crippen LogP contribution in [0.15, 0.2) is 64.2 Å². The third-order valence-corrected chi connectivity index (χ3v) is 6.45. The molecule has 1 aromatic heterocycles. The lowest BCUT2D eigenvalue weighted by molar-refractivity contribution is 0.337. The van der Waals surface area contributed by atoms with Gasteiger partial charge in [-0.1, -0.05) is 59.5 Å². The van der Waals surface area contributed by atoms with E-state index < -0.39 is 0 Å². The highest BCUT2D eigenvalue weighted by atomic mass is 79.9. The minimum absolute atomic E-state index is 0.563. The van der Waals surface area contributed by atoms with Crippen molar-refractivity contribution in [3.05, 3.63) is 70.3 Å². The fraction of sp³-hybridized carbons (Fsp3) is 0.304. The Kier molecular flexibility index (Phi) is 4.44. The molecule has 0 spiro atoms. The lowest BCUT2D eigenvalue weighted by Crippen LogP contribution is -2.13. The smallest absolute Gasteiger partial charge is 0.0686 e. The van der Waals surface area contributed by atoms with Gasteiger partial charge in [0, 0.05) is 15.4 Å². The number of halogens is 1. The summed E-state index contributed by atoms with van der Waals surface area (Å²) in [4.78, 5) is 4.78. The maximum atomic E-state index is 4.78. The van der Waals surface area contributed by atoms with Gasteiger partial charge < -0.3 is 0 Å². The van der Waals surface area contributed by atoms with Crippen molar-refractivity contribution in [1.82, 2.24) is 9.78 Å². The number of hydrogen-bond donors (Lipinski definition) is 0. The van der Waals surface area contributed by atoms with Crippen molar-refractivity contribution in [3.8, 4) is 0 Å². The van der Waals surface area contributed by atoms with Crippen LogP contribution >= 0.6 is 15.9 Å². The molecule has 0 amide bonds. The van der Waals surface area contributed by atoms with Crippen molar-refractivity contribution in [1.29, 1.82) is 0 Å². The van der Waals surface area contributed by atoms with E-state index in [-0.39, 0.29) is 0 Å². The van der Waals surface area contributed by atoms with Crippen molar-refractivity contribution >= 4 is 38.1 Å². The number of fused-ring (bicyclic) bond motifs is 1. The topological polar surface area (TPSA) is 30.2 Å². The Bertz CT molecular complexity index is 1050. The van der Waals surface area contributed by atoms with Crippen LogP contribution in [0.2, 0.25) is 0 Å². The van der Waals surface area contributed by atoms with Crippen LogP contribution in [-0.2, 0) is 0 Å². The van der Waals surface area contributed by atoms with E-state index in [0.717, 1.165) is 16.7 Å². The van der Waals surface area contributed by atoms with Crippen LogP contribution < -0.4 is 0 Å². The first kappa shape index (κ1) is 16.9. The molecule has 136 valence electrons. The van der Waals surface area contributed by atoms with E-state index in [1.165, 1.54) is 59.7 Å². The molecule has 2 aliphatic rings. The van der Waals surface area contributed by atoms with E-state index in [9.17, 15) is 0 Å². The van der Waals surface area contributed by atoms with Crippen molar-refractivity contribution in [2.45, 2.75) is 38.1 Å². The maximum absolute atomic E-state index is 4.78. The molecular formula is C23H22BrN3. The molecule has 3 nitrogen and oxygen atoms in total. The van der Waals surface area contributed by atoms with E-state index in [4.69, 9.17) is 10.1 Å². The SMILES string of the molecule is Brc1ccccc1C1=CC(c2ccc3c(cnn3C3CCCCC3)c2)=NC1. The van der Waals surface area contributed by atoms with E-state index in [2.05, 4.69) is 63.1 Å². The zero-order valence-corrected chi connectivity index (χ0v) is 16.8. The fourth-order valence-electron chi connectivity index (χ4n) is 4.31. The number of rotatable bonds is 3. The van der Waals surface area contributed by atoms with Crippen molar-refractivity contribution in [2.75, 3.05) is 6.54 Å². The number of nitrogens with zero attached hydrogens (tertiary/aromatic N) is 3. The molecule has 1 aliphatic carbocycles. The highest BCUT2D eigenvalue weighted by molar-refractivity contribution is 9.10. The van der Waals surface area contributed by atoms with Crippen molar-refractivity contribution in [3.63, 3.8) is 0 Å². The van der Waals surface area contributed by atoms with Gasteiger partial charge in [-0.3, -0.25) is 9.67 Å². The zero-order chi connectivity index (χ0) is 18.2. The lowest BCUT2D eigenvalue weighted by atomic mass is 9.95. The first-order chi connectivity index (χ1) is 13.3. The molecule has 0 unspecified atom stereocenters. The van der Waals surface area contributed by atoms with Gasteiger partial charge in [0.05, 0.1) is 30.0 Å². The summed E-state index contributed by atoms with van der Waals surface area (Å²) in [6.45, 7) is 0.733. The van der Waals surface area contributed by atoms with Crippen LogP contribution in [0.5, 0.6) is 0 Å². The molecule has 1 saturated carbocycles. The maximum Gasteiger partial charge on any atom is 0.0686 e. The Morgan fingerprint density at radius 1 is 1.00 bits per heavy atom. The summed E-state index contributed by atoms with van der Waals surface area (Å²) in [6, 6.07) is 15.6. The number of allylic oxidation sites excluding steroid dienone is 1. The largest absolute Gasteiger partial charge is 0.280 e. The number of aromatic nitrogens is 2. The minimum Gasteiger partial charge on any atom is -0.280 e. The molecule has 0 saturated heterocycles. The number of hydrogen-bond acceptors (Lipinski definition) is 2. The van der Waals surface area contributed by atoms with Gasteiger partial charge >= 0.3 is 0 Å². The first-order valence-corrected chi connectivity index (χ1v) is 10.6. The van der Waals surface area contributed by atoms with Crippen molar-refractivity contribution < 1.29 is 0 Å². The summed E-state index contributed by atoms with van der Waals surface area (Å²) >= 11 is 3.65. The fourth-order valence-corrected chi connectivity index (χ4v) is 4.85. The molecule has 3 aromatic rings. The molecule has 27 heavy (non-hydrogen) atoms. The molecular weight excluding hydrogens is 398 g/mol. The predicted octanol–water partition coefficient (Wildman–Crippen LogP) is 6.19. The highest BCUT2D eigenvalue weighted by Crippen LogP contribution is 2.32. The second-order valence-electron chi connectivity index (χ2n) is 7.51. The Hall–Kier alpha value is -2.20.